The van der Waals surface area contributed by atoms with Crippen molar-refractivity contribution >= 4 is 26.8 Å². The third-order valence-corrected chi connectivity index (χ3v) is 4.63. The van der Waals surface area contributed by atoms with Crippen LogP contribution in [0.4, 0.5) is 14.5 Å². The van der Waals surface area contributed by atoms with E-state index in [0.717, 1.165) is 24.5 Å². The molecule has 0 atom stereocenters. The lowest BCUT2D eigenvalue weighted by molar-refractivity contribution is 0.512. The van der Waals surface area contributed by atoms with E-state index in [1.54, 1.807) is 6.07 Å². The van der Waals surface area contributed by atoms with Gasteiger partial charge in [-0.15, -0.1) is 0 Å². The molecule has 0 amide bonds. The fourth-order valence-corrected chi connectivity index (χ4v) is 2.90. The molecule has 1 heterocycles. The molecule has 0 radical (unpaired) electrons. The molecule has 5 heteroatoms. The molecule has 1 fully saturated rings. The Kier molecular flexibility index (Phi) is 4.94. The largest absolute Gasteiger partial charge is 0.372 e. The lowest BCUT2D eigenvalue weighted by Gasteiger charge is -2.32. The normalized spacial score (nSPS) is 15.0. The monoisotopic (exact) mass is 321 g/mol. The summed E-state index contributed by atoms with van der Waals surface area (Å²) in [6.45, 7) is 2.17. The predicted molar refractivity (Wildman–Crippen MR) is 101 cm³/mol. The highest BCUT2D eigenvalue weighted by Crippen LogP contribution is 2.24. The number of hydrogen-bond donors (Lipinski definition) is 0. The number of hydrogen-bond acceptors (Lipinski definition) is 1. The predicted octanol–water partition coefficient (Wildman–Crippen LogP) is 1.64. The minimum absolute atomic E-state index is 0.0900. The van der Waals surface area contributed by atoms with Crippen molar-refractivity contribution in [1.29, 1.82) is 0 Å². The van der Waals surface area contributed by atoms with Gasteiger partial charge in [0.05, 0.1) is 5.56 Å². The highest BCUT2D eigenvalue weighted by atomic mass is 19.2. The minimum atomic E-state index is -0.874. The molecule has 1 nitrogen and oxygen atoms in total. The van der Waals surface area contributed by atoms with Crippen LogP contribution in [0, 0.1) is 23.5 Å². The second-order valence-electron chi connectivity index (χ2n) is 6.52. The quantitative estimate of drug-likeness (QED) is 0.570. The molecular weight excluding hydrogens is 302 g/mol. The SMILES string of the molecule is Bc1ccc(C#Cc2ccc(N3CCC(B)CC3)cc2)c(F)c1F. The zero-order chi connectivity index (χ0) is 17.1. The van der Waals surface area contributed by atoms with Crippen LogP contribution in [0.25, 0.3) is 0 Å². The Bertz CT molecular complexity index is 785. The van der Waals surface area contributed by atoms with Gasteiger partial charge in [0.1, 0.15) is 15.7 Å². The summed E-state index contributed by atoms with van der Waals surface area (Å²) in [6, 6.07) is 11.0. The lowest BCUT2D eigenvalue weighted by Crippen LogP contribution is -2.31. The Morgan fingerprint density at radius 1 is 0.917 bits per heavy atom. The summed E-state index contributed by atoms with van der Waals surface area (Å²) in [5.74, 6) is 4.74. The zero-order valence-electron chi connectivity index (χ0n) is 14.1. The van der Waals surface area contributed by atoms with E-state index >= 15 is 0 Å². The number of piperidine rings is 1. The smallest absolute Gasteiger partial charge is 0.173 e. The summed E-state index contributed by atoms with van der Waals surface area (Å²) in [6.07, 6.45) is 2.44. The first-order valence-corrected chi connectivity index (χ1v) is 8.36. The van der Waals surface area contributed by atoms with Crippen LogP contribution in [0.5, 0.6) is 0 Å². The average Bonchev–Trinajstić information content (AvgIpc) is 2.60. The van der Waals surface area contributed by atoms with Gasteiger partial charge in [0.2, 0.25) is 0 Å². The van der Waals surface area contributed by atoms with E-state index in [4.69, 9.17) is 0 Å². The van der Waals surface area contributed by atoms with E-state index in [9.17, 15) is 8.78 Å². The molecule has 1 aliphatic rings. The maximum atomic E-state index is 13.8. The van der Waals surface area contributed by atoms with Crippen molar-refractivity contribution in [2.75, 3.05) is 18.0 Å². The van der Waals surface area contributed by atoms with Crippen molar-refractivity contribution in [2.24, 2.45) is 0 Å². The van der Waals surface area contributed by atoms with Gasteiger partial charge in [-0.3, -0.25) is 0 Å². The Morgan fingerprint density at radius 3 is 2.25 bits per heavy atom. The average molecular weight is 321 g/mol. The summed E-state index contributed by atoms with van der Waals surface area (Å²) >= 11 is 0. The maximum Gasteiger partial charge on any atom is 0.173 e. The van der Waals surface area contributed by atoms with Gasteiger partial charge in [0, 0.05) is 24.3 Å². The number of halogens is 2. The van der Waals surface area contributed by atoms with Gasteiger partial charge in [-0.2, -0.15) is 0 Å². The van der Waals surface area contributed by atoms with Crippen molar-refractivity contribution in [1.82, 2.24) is 0 Å². The molecule has 0 saturated carbocycles. The van der Waals surface area contributed by atoms with Gasteiger partial charge in [0.25, 0.3) is 0 Å². The maximum absolute atomic E-state index is 13.8. The van der Waals surface area contributed by atoms with Gasteiger partial charge in [-0.25, -0.2) is 8.78 Å². The lowest BCUT2D eigenvalue weighted by atomic mass is 9.79. The summed E-state index contributed by atoms with van der Waals surface area (Å²) in [5, 5.41) is 0. The van der Waals surface area contributed by atoms with Crippen molar-refractivity contribution in [2.45, 2.75) is 18.7 Å². The van der Waals surface area contributed by atoms with Crippen LogP contribution >= 0.6 is 0 Å². The second-order valence-corrected chi connectivity index (χ2v) is 6.52. The van der Waals surface area contributed by atoms with Crippen LogP contribution < -0.4 is 10.4 Å². The number of rotatable bonds is 1. The Balaban J connectivity index is 1.75. The third-order valence-electron chi connectivity index (χ3n) is 4.63. The first kappa shape index (κ1) is 16.6. The van der Waals surface area contributed by atoms with Gasteiger partial charge in [-0.05, 0) is 43.2 Å². The molecule has 3 rings (SSSR count). The second kappa shape index (κ2) is 7.13. The molecule has 1 saturated heterocycles. The minimum Gasteiger partial charge on any atom is -0.372 e. The molecule has 120 valence electrons. The molecule has 0 bridgehead atoms. The van der Waals surface area contributed by atoms with E-state index in [2.05, 4.69) is 24.6 Å². The molecule has 1 aliphatic heterocycles. The standard InChI is InChI=1S/C19H19B2F2N/c20-15-9-11-24(12-10-15)16-6-2-13(3-7-16)1-4-14-5-8-17(21)19(23)18(14)22/h2-3,5-8,15H,9-12,20-21H2. The number of anilines is 1. The van der Waals surface area contributed by atoms with Crippen molar-refractivity contribution < 1.29 is 8.78 Å². The molecule has 0 unspecified atom stereocenters. The summed E-state index contributed by atoms with van der Waals surface area (Å²) in [7, 11) is 3.83. The fourth-order valence-electron chi connectivity index (χ4n) is 2.90. The van der Waals surface area contributed by atoms with E-state index in [-0.39, 0.29) is 5.56 Å². The van der Waals surface area contributed by atoms with Crippen LogP contribution in [-0.4, -0.2) is 28.8 Å². The molecule has 2 aromatic rings. The highest BCUT2D eigenvalue weighted by molar-refractivity contribution is 6.32. The van der Waals surface area contributed by atoms with Gasteiger partial charge in [-0.1, -0.05) is 29.2 Å². The van der Waals surface area contributed by atoms with Crippen molar-refractivity contribution in [3.63, 3.8) is 0 Å². The van der Waals surface area contributed by atoms with Gasteiger partial charge < -0.3 is 4.90 Å². The van der Waals surface area contributed by atoms with Crippen LogP contribution in [0.3, 0.4) is 0 Å². The molecule has 2 aromatic carbocycles. The molecule has 0 N–H and O–H groups in total. The first-order chi connectivity index (χ1) is 11.5. The van der Waals surface area contributed by atoms with Gasteiger partial charge >= 0.3 is 0 Å². The third kappa shape index (κ3) is 3.64. The summed E-state index contributed by atoms with van der Waals surface area (Å²) in [4.78, 5) is 2.38. The Morgan fingerprint density at radius 2 is 1.58 bits per heavy atom. The topological polar surface area (TPSA) is 3.24 Å². The Hall–Kier alpha value is -2.21. The van der Waals surface area contributed by atoms with E-state index < -0.39 is 11.6 Å². The Labute approximate surface area is 143 Å². The van der Waals surface area contributed by atoms with Crippen molar-refractivity contribution in [3.8, 4) is 11.8 Å². The van der Waals surface area contributed by atoms with E-state index in [1.165, 1.54) is 32.4 Å². The van der Waals surface area contributed by atoms with Crippen LogP contribution in [-0.2, 0) is 0 Å². The molecule has 24 heavy (non-hydrogen) atoms. The van der Waals surface area contributed by atoms with Crippen LogP contribution in [0.2, 0.25) is 5.82 Å². The van der Waals surface area contributed by atoms with Crippen LogP contribution in [0.1, 0.15) is 24.0 Å². The fraction of sp³-hybridized carbons (Fsp3) is 0.263. The van der Waals surface area contributed by atoms with E-state index in [1.807, 2.05) is 24.3 Å². The summed E-state index contributed by atoms with van der Waals surface area (Å²) in [5.41, 5.74) is 2.37. The number of benzene rings is 2. The van der Waals surface area contributed by atoms with Crippen LogP contribution in [0.15, 0.2) is 36.4 Å². The summed E-state index contributed by atoms with van der Waals surface area (Å²) < 4.78 is 27.4. The zero-order valence-corrected chi connectivity index (χ0v) is 14.1. The molecule has 0 aliphatic carbocycles. The van der Waals surface area contributed by atoms with Crippen molar-refractivity contribution in [3.05, 3.63) is 59.2 Å². The first-order valence-electron chi connectivity index (χ1n) is 8.36. The van der Waals surface area contributed by atoms with E-state index in [0.29, 0.717) is 5.46 Å². The molecular formula is C19H19B2F2N. The molecule has 0 spiro atoms. The number of nitrogens with zero attached hydrogens (tertiary/aromatic N) is 1. The van der Waals surface area contributed by atoms with Gasteiger partial charge in [0.15, 0.2) is 11.6 Å². The molecule has 0 aromatic heterocycles. The highest BCUT2D eigenvalue weighted by Gasteiger charge is 2.15.